The second-order valence-corrected chi connectivity index (χ2v) is 5.92. The number of nitriles is 1. The van der Waals surface area contributed by atoms with E-state index in [4.69, 9.17) is 19.3 Å². The van der Waals surface area contributed by atoms with Crippen molar-refractivity contribution in [3.05, 3.63) is 46.8 Å². The fourth-order valence-corrected chi connectivity index (χ4v) is 2.24. The van der Waals surface area contributed by atoms with Gasteiger partial charge in [0.05, 0.1) is 29.3 Å². The van der Waals surface area contributed by atoms with E-state index in [1.807, 2.05) is 13.0 Å². The Bertz CT molecular complexity index is 834. The number of aryl methyl sites for hydroxylation is 2. The lowest BCUT2D eigenvalue weighted by molar-refractivity contribution is -0.133. The van der Waals surface area contributed by atoms with Gasteiger partial charge in [-0.15, -0.1) is 0 Å². The Kier molecular flexibility index (Phi) is 6.94. The van der Waals surface area contributed by atoms with Crippen LogP contribution in [0.15, 0.2) is 28.8 Å². The minimum absolute atomic E-state index is 0.223. The van der Waals surface area contributed by atoms with Crippen LogP contribution >= 0.6 is 0 Å². The van der Waals surface area contributed by atoms with Gasteiger partial charge in [-0.05, 0) is 32.0 Å². The van der Waals surface area contributed by atoms with Crippen LogP contribution in [0.3, 0.4) is 0 Å². The first-order valence-corrected chi connectivity index (χ1v) is 8.35. The quantitative estimate of drug-likeness (QED) is 0.656. The standard InChI is InChI=1S/C19H21N3O5/c1-13-17(14(2)27-21-13)11-25-16-7-4-6-15(10-16)19(24)26-12-18(23)22(3)9-5-8-20/h4,6-7,10H,5,9,11-12H2,1-3H3. The third-order valence-corrected chi connectivity index (χ3v) is 3.95. The number of esters is 1. The van der Waals surface area contributed by atoms with Crippen LogP contribution in [0.25, 0.3) is 0 Å². The molecule has 142 valence electrons. The summed E-state index contributed by atoms with van der Waals surface area (Å²) >= 11 is 0. The van der Waals surface area contributed by atoms with E-state index >= 15 is 0 Å². The van der Waals surface area contributed by atoms with Crippen molar-refractivity contribution < 1.29 is 23.6 Å². The van der Waals surface area contributed by atoms with Crippen molar-refractivity contribution in [1.82, 2.24) is 10.1 Å². The average Bonchev–Trinajstić information content (AvgIpc) is 3.00. The molecule has 1 aromatic heterocycles. The number of benzene rings is 1. The number of hydrogen-bond donors (Lipinski definition) is 0. The molecule has 2 aromatic rings. The normalized spacial score (nSPS) is 10.1. The van der Waals surface area contributed by atoms with Crippen molar-refractivity contribution in [2.75, 3.05) is 20.2 Å². The summed E-state index contributed by atoms with van der Waals surface area (Å²) in [5.74, 6) is 0.174. The van der Waals surface area contributed by atoms with Crippen molar-refractivity contribution in [3.8, 4) is 11.8 Å². The highest BCUT2D eigenvalue weighted by Crippen LogP contribution is 2.19. The van der Waals surface area contributed by atoms with Crippen molar-refractivity contribution in [2.45, 2.75) is 26.9 Å². The molecule has 0 spiro atoms. The zero-order valence-electron chi connectivity index (χ0n) is 15.5. The summed E-state index contributed by atoms with van der Waals surface area (Å²) in [6.45, 7) is 3.80. The van der Waals surface area contributed by atoms with E-state index in [1.165, 1.54) is 4.90 Å². The molecule has 2 rings (SSSR count). The lowest BCUT2D eigenvalue weighted by Crippen LogP contribution is -2.31. The van der Waals surface area contributed by atoms with E-state index in [0.29, 0.717) is 11.5 Å². The van der Waals surface area contributed by atoms with E-state index in [0.717, 1.165) is 11.3 Å². The molecular weight excluding hydrogens is 350 g/mol. The molecule has 0 bridgehead atoms. The van der Waals surface area contributed by atoms with Crippen molar-refractivity contribution >= 4 is 11.9 Å². The second-order valence-electron chi connectivity index (χ2n) is 5.92. The van der Waals surface area contributed by atoms with Gasteiger partial charge in [0.15, 0.2) is 6.61 Å². The number of carbonyl (C=O) groups is 2. The number of carbonyl (C=O) groups excluding carboxylic acids is 2. The van der Waals surface area contributed by atoms with Crippen LogP contribution in [0.2, 0.25) is 0 Å². The Labute approximate surface area is 157 Å². The highest BCUT2D eigenvalue weighted by atomic mass is 16.5. The van der Waals surface area contributed by atoms with E-state index in [1.54, 1.807) is 38.2 Å². The predicted octanol–water partition coefficient (Wildman–Crippen LogP) is 2.40. The molecule has 0 aliphatic heterocycles. The van der Waals surface area contributed by atoms with Gasteiger partial charge in [0.25, 0.3) is 5.91 Å². The number of ether oxygens (including phenoxy) is 2. The average molecular weight is 371 g/mol. The van der Waals surface area contributed by atoms with Crippen LogP contribution in [0, 0.1) is 25.2 Å². The SMILES string of the molecule is Cc1noc(C)c1COc1cccc(C(=O)OCC(=O)N(C)CCC#N)c1. The maximum absolute atomic E-state index is 12.2. The monoisotopic (exact) mass is 371 g/mol. The summed E-state index contributed by atoms with van der Waals surface area (Å²) in [5.41, 5.74) is 1.88. The van der Waals surface area contributed by atoms with Crippen LogP contribution < -0.4 is 4.74 Å². The molecule has 0 saturated carbocycles. The summed E-state index contributed by atoms with van der Waals surface area (Å²) in [7, 11) is 1.55. The maximum Gasteiger partial charge on any atom is 0.338 e. The van der Waals surface area contributed by atoms with E-state index in [-0.39, 0.29) is 37.6 Å². The largest absolute Gasteiger partial charge is 0.489 e. The second kappa shape index (κ2) is 9.38. The van der Waals surface area contributed by atoms with Crippen LogP contribution in [0.1, 0.15) is 33.8 Å². The fraction of sp³-hybridized carbons (Fsp3) is 0.368. The van der Waals surface area contributed by atoms with Crippen molar-refractivity contribution in [2.24, 2.45) is 0 Å². The molecule has 0 aliphatic rings. The number of nitrogens with zero attached hydrogens (tertiary/aromatic N) is 3. The minimum Gasteiger partial charge on any atom is -0.489 e. The predicted molar refractivity (Wildman–Crippen MR) is 94.9 cm³/mol. The van der Waals surface area contributed by atoms with Gasteiger partial charge in [-0.1, -0.05) is 11.2 Å². The van der Waals surface area contributed by atoms with Crippen LogP contribution in [0.5, 0.6) is 5.75 Å². The van der Waals surface area contributed by atoms with E-state index < -0.39 is 5.97 Å². The molecule has 0 N–H and O–H groups in total. The lowest BCUT2D eigenvalue weighted by Gasteiger charge is -2.15. The van der Waals surface area contributed by atoms with E-state index in [9.17, 15) is 9.59 Å². The molecule has 0 aliphatic carbocycles. The van der Waals surface area contributed by atoms with Gasteiger partial charge in [-0.25, -0.2) is 4.79 Å². The van der Waals surface area contributed by atoms with Gasteiger partial charge in [0.2, 0.25) is 0 Å². The first-order valence-electron chi connectivity index (χ1n) is 8.35. The molecular formula is C19H21N3O5. The van der Waals surface area contributed by atoms with E-state index in [2.05, 4.69) is 5.16 Å². The molecule has 0 unspecified atom stereocenters. The van der Waals surface area contributed by atoms with Gasteiger partial charge >= 0.3 is 5.97 Å². The molecule has 8 nitrogen and oxygen atoms in total. The first-order chi connectivity index (χ1) is 12.9. The topological polar surface area (TPSA) is 106 Å². The van der Waals surface area contributed by atoms with Gasteiger partial charge < -0.3 is 18.9 Å². The Balaban J connectivity index is 1.91. The molecule has 0 fully saturated rings. The number of aromatic nitrogens is 1. The molecule has 0 radical (unpaired) electrons. The molecule has 1 heterocycles. The lowest BCUT2D eigenvalue weighted by atomic mass is 10.2. The number of amides is 1. The zero-order chi connectivity index (χ0) is 19.8. The number of hydrogen-bond acceptors (Lipinski definition) is 7. The maximum atomic E-state index is 12.2. The van der Waals surface area contributed by atoms with Gasteiger partial charge in [0, 0.05) is 13.6 Å². The van der Waals surface area contributed by atoms with Crippen molar-refractivity contribution in [3.63, 3.8) is 0 Å². The number of likely N-dealkylation sites (N-methyl/N-ethyl adjacent to an activating group) is 1. The van der Waals surface area contributed by atoms with Gasteiger partial charge in [0.1, 0.15) is 18.1 Å². The smallest absolute Gasteiger partial charge is 0.338 e. The molecule has 0 atom stereocenters. The summed E-state index contributed by atoms with van der Waals surface area (Å²) < 4.78 is 15.8. The zero-order valence-corrected chi connectivity index (χ0v) is 15.5. The van der Waals surface area contributed by atoms with Gasteiger partial charge in [-0.2, -0.15) is 5.26 Å². The minimum atomic E-state index is -0.625. The third-order valence-electron chi connectivity index (χ3n) is 3.95. The van der Waals surface area contributed by atoms with Crippen LogP contribution in [0.4, 0.5) is 0 Å². The first kappa shape index (κ1) is 20.0. The van der Waals surface area contributed by atoms with Crippen molar-refractivity contribution in [1.29, 1.82) is 5.26 Å². The third kappa shape index (κ3) is 5.57. The molecule has 27 heavy (non-hydrogen) atoms. The molecule has 0 saturated heterocycles. The van der Waals surface area contributed by atoms with Crippen LogP contribution in [-0.4, -0.2) is 42.1 Å². The summed E-state index contributed by atoms with van der Waals surface area (Å²) in [6, 6.07) is 8.46. The van der Waals surface area contributed by atoms with Gasteiger partial charge in [-0.3, -0.25) is 4.79 Å². The highest BCUT2D eigenvalue weighted by molar-refractivity contribution is 5.91. The Morgan fingerprint density at radius 3 is 2.78 bits per heavy atom. The Morgan fingerprint density at radius 1 is 1.33 bits per heavy atom. The summed E-state index contributed by atoms with van der Waals surface area (Å²) in [6.07, 6.45) is 0.223. The molecule has 8 heteroatoms. The number of rotatable bonds is 8. The molecule has 1 aromatic carbocycles. The Hall–Kier alpha value is -3.34. The molecule has 1 amide bonds. The Morgan fingerprint density at radius 2 is 2.11 bits per heavy atom. The van der Waals surface area contributed by atoms with Crippen LogP contribution in [-0.2, 0) is 16.1 Å². The summed E-state index contributed by atoms with van der Waals surface area (Å²) in [5, 5.41) is 12.4. The fourth-order valence-electron chi connectivity index (χ4n) is 2.24. The summed E-state index contributed by atoms with van der Waals surface area (Å²) in [4.78, 5) is 25.3. The highest BCUT2D eigenvalue weighted by Gasteiger charge is 2.14.